The number of carbonyl (C=O) groups is 2. The molecule has 0 aromatic heterocycles. The molecular formula is C43H48F6N2O8. The fourth-order valence-electron chi connectivity index (χ4n) is 7.29. The van der Waals surface area contributed by atoms with Gasteiger partial charge >= 0.3 is 12.7 Å². The smallest absolute Gasteiger partial charge is 0.493 e. The number of hydrogen-bond donors (Lipinski definition) is 4. The van der Waals surface area contributed by atoms with E-state index in [0.717, 1.165) is 6.08 Å². The summed E-state index contributed by atoms with van der Waals surface area (Å²) in [7, 11) is 0. The van der Waals surface area contributed by atoms with Gasteiger partial charge < -0.3 is 31.2 Å². The van der Waals surface area contributed by atoms with Crippen LogP contribution in [0.1, 0.15) is 80.4 Å². The molecule has 1 atom stereocenters. The second-order valence-corrected chi connectivity index (χ2v) is 15.0. The number of benzene rings is 3. The van der Waals surface area contributed by atoms with E-state index in [1.54, 1.807) is 48.5 Å². The lowest BCUT2D eigenvalue weighted by atomic mass is 9.82. The molecule has 0 aliphatic heterocycles. The molecule has 5 rings (SSSR count). The molecule has 320 valence electrons. The van der Waals surface area contributed by atoms with Gasteiger partial charge in [0.25, 0.3) is 0 Å². The number of alkyl halides is 6. The average molecular weight is 835 g/mol. The Morgan fingerprint density at radius 1 is 0.661 bits per heavy atom. The van der Waals surface area contributed by atoms with Crippen molar-refractivity contribution in [3.8, 4) is 11.5 Å². The zero-order valence-corrected chi connectivity index (χ0v) is 32.1. The Kier molecular flexibility index (Phi) is 15.2. The van der Waals surface area contributed by atoms with Crippen molar-refractivity contribution in [3.63, 3.8) is 0 Å². The van der Waals surface area contributed by atoms with E-state index in [2.05, 4.69) is 9.47 Å². The maximum Gasteiger partial charge on any atom is 0.522 e. The zero-order valence-electron chi connectivity index (χ0n) is 32.1. The molecule has 2 aliphatic rings. The van der Waals surface area contributed by atoms with E-state index < -0.39 is 54.6 Å². The molecule has 2 saturated carbocycles. The molecule has 59 heavy (non-hydrogen) atoms. The van der Waals surface area contributed by atoms with Crippen molar-refractivity contribution in [1.82, 2.24) is 0 Å². The van der Waals surface area contributed by atoms with Crippen molar-refractivity contribution in [3.05, 3.63) is 95.6 Å². The van der Waals surface area contributed by atoms with Gasteiger partial charge in [-0.1, -0.05) is 42.5 Å². The minimum Gasteiger partial charge on any atom is -0.493 e. The SMILES string of the molecule is Nc1ccc(C(CC(=O)/C=C/c2ccc(OCC3CCC(OC(F)(F)F)CC3)cc2)C(O)(O)C(=O)/C=C/c2ccc(OCC3CCC(OC(F)(F)F)CC3)cc2)c(N)c1. The predicted octanol–water partition coefficient (Wildman–Crippen LogP) is 8.52. The third kappa shape index (κ3) is 14.4. The number of hydrogen-bond acceptors (Lipinski definition) is 10. The second kappa shape index (κ2) is 19.9. The molecule has 0 bridgehead atoms. The van der Waals surface area contributed by atoms with Crippen LogP contribution in [-0.2, 0) is 19.1 Å². The van der Waals surface area contributed by atoms with Crippen molar-refractivity contribution in [2.24, 2.45) is 11.8 Å². The summed E-state index contributed by atoms with van der Waals surface area (Å²) in [6.07, 6.45) is -3.06. The van der Waals surface area contributed by atoms with Gasteiger partial charge in [-0.25, -0.2) is 0 Å². The number of nitrogen functional groups attached to an aromatic ring is 2. The van der Waals surface area contributed by atoms with Crippen molar-refractivity contribution in [2.75, 3.05) is 24.7 Å². The lowest BCUT2D eigenvalue weighted by molar-refractivity contribution is -0.346. The Morgan fingerprint density at radius 2 is 1.10 bits per heavy atom. The molecule has 3 aromatic rings. The van der Waals surface area contributed by atoms with Crippen LogP contribution in [0.25, 0.3) is 12.2 Å². The number of allylic oxidation sites excluding steroid dienone is 1. The summed E-state index contributed by atoms with van der Waals surface area (Å²) in [5.74, 6) is -5.00. The highest BCUT2D eigenvalue weighted by Crippen LogP contribution is 2.37. The molecule has 3 aromatic carbocycles. The van der Waals surface area contributed by atoms with Gasteiger partial charge in [-0.15, -0.1) is 26.3 Å². The monoisotopic (exact) mass is 834 g/mol. The Labute approximate surface area is 337 Å². The number of halogens is 6. The van der Waals surface area contributed by atoms with Crippen LogP contribution in [0.15, 0.2) is 78.9 Å². The first kappa shape index (κ1) is 45.2. The Bertz CT molecular complexity index is 1900. The van der Waals surface area contributed by atoms with Crippen LogP contribution in [0.5, 0.6) is 11.5 Å². The number of carbonyl (C=O) groups excluding carboxylic acids is 2. The second-order valence-electron chi connectivity index (χ2n) is 15.0. The molecule has 0 heterocycles. The third-order valence-corrected chi connectivity index (χ3v) is 10.5. The van der Waals surface area contributed by atoms with Crippen LogP contribution in [0.4, 0.5) is 37.7 Å². The summed E-state index contributed by atoms with van der Waals surface area (Å²) in [5.41, 5.74) is 13.6. The van der Waals surface area contributed by atoms with Crippen LogP contribution < -0.4 is 20.9 Å². The Hall–Kier alpha value is -4.90. The molecular weight excluding hydrogens is 786 g/mol. The van der Waals surface area contributed by atoms with E-state index >= 15 is 0 Å². The summed E-state index contributed by atoms with van der Waals surface area (Å²) in [4.78, 5) is 26.6. The van der Waals surface area contributed by atoms with Gasteiger partial charge in [-0.2, -0.15) is 0 Å². The van der Waals surface area contributed by atoms with E-state index in [4.69, 9.17) is 20.9 Å². The largest absolute Gasteiger partial charge is 0.522 e. The summed E-state index contributed by atoms with van der Waals surface area (Å²) in [5, 5.41) is 22.6. The first-order chi connectivity index (χ1) is 27.8. The van der Waals surface area contributed by atoms with E-state index in [1.165, 1.54) is 36.4 Å². The molecule has 2 aliphatic carbocycles. The van der Waals surface area contributed by atoms with E-state index in [-0.39, 0.29) is 41.6 Å². The number of anilines is 2. The standard InChI is InChI=1S/C43H48F6N2O8/c44-42(45,46)58-35-17-6-29(7-18-35)25-56-33-13-2-27(3-14-33)1-12-32(52)24-38(37-21-11-31(50)23-39(37)51)41(54,55)40(53)22-10-28-4-15-34(16-5-28)57-26-30-8-19-36(20-9-30)59-43(47,48)49/h1-5,10-16,21-23,29-30,35-36,38,54-55H,6-9,17-20,24-26,50-51H2/b12-1+,22-10+. The van der Waals surface area contributed by atoms with Crippen molar-refractivity contribution >= 4 is 35.1 Å². The first-order valence-electron chi connectivity index (χ1n) is 19.3. The quantitative estimate of drug-likeness (QED) is 0.0449. The molecule has 0 amide bonds. The van der Waals surface area contributed by atoms with Crippen molar-refractivity contribution in [2.45, 2.75) is 94.4 Å². The number of aliphatic hydroxyl groups is 2. The van der Waals surface area contributed by atoms with Gasteiger partial charge in [-0.05, 0) is 128 Å². The number of rotatable bonds is 17. The van der Waals surface area contributed by atoms with Crippen molar-refractivity contribution in [1.29, 1.82) is 0 Å². The Morgan fingerprint density at radius 3 is 1.53 bits per heavy atom. The topological polar surface area (TPSA) is 164 Å². The summed E-state index contributed by atoms with van der Waals surface area (Å²) >= 11 is 0. The van der Waals surface area contributed by atoms with Gasteiger partial charge in [0, 0.05) is 17.8 Å². The van der Waals surface area contributed by atoms with Gasteiger partial charge in [-0.3, -0.25) is 19.1 Å². The Balaban J connectivity index is 1.15. The highest BCUT2D eigenvalue weighted by Gasteiger charge is 2.43. The molecule has 10 nitrogen and oxygen atoms in total. The highest BCUT2D eigenvalue weighted by atomic mass is 19.4. The van der Waals surface area contributed by atoms with Crippen LogP contribution >= 0.6 is 0 Å². The van der Waals surface area contributed by atoms with Gasteiger partial charge in [0.2, 0.25) is 11.6 Å². The number of ether oxygens (including phenoxy) is 4. The lowest BCUT2D eigenvalue weighted by Crippen LogP contribution is -2.44. The summed E-state index contributed by atoms with van der Waals surface area (Å²) < 4.78 is 94.9. The van der Waals surface area contributed by atoms with Gasteiger partial charge in [0.1, 0.15) is 11.5 Å². The average Bonchev–Trinajstić information content (AvgIpc) is 3.17. The predicted molar refractivity (Wildman–Crippen MR) is 208 cm³/mol. The van der Waals surface area contributed by atoms with E-state index in [0.29, 0.717) is 74.4 Å². The summed E-state index contributed by atoms with van der Waals surface area (Å²) in [6.45, 7) is 0.651. The number of nitrogens with two attached hydrogens (primary N) is 2. The molecule has 0 radical (unpaired) electrons. The first-order valence-corrected chi connectivity index (χ1v) is 19.3. The number of ketones is 2. The van der Waals surface area contributed by atoms with E-state index in [9.17, 15) is 46.1 Å². The molecule has 1 unspecified atom stereocenters. The maximum atomic E-state index is 13.4. The highest BCUT2D eigenvalue weighted by molar-refractivity contribution is 6.01. The lowest BCUT2D eigenvalue weighted by Gasteiger charge is -2.30. The van der Waals surface area contributed by atoms with Crippen LogP contribution in [0.3, 0.4) is 0 Å². The molecule has 6 N–H and O–H groups in total. The summed E-state index contributed by atoms with van der Waals surface area (Å²) in [6, 6.07) is 17.6. The fourth-order valence-corrected chi connectivity index (χ4v) is 7.29. The van der Waals surface area contributed by atoms with E-state index in [1.807, 2.05) is 0 Å². The van der Waals surface area contributed by atoms with Crippen LogP contribution in [-0.4, -0.2) is 65.7 Å². The van der Waals surface area contributed by atoms with Crippen LogP contribution in [0, 0.1) is 11.8 Å². The third-order valence-electron chi connectivity index (χ3n) is 10.5. The molecule has 16 heteroatoms. The van der Waals surface area contributed by atoms with Gasteiger partial charge in [0.15, 0.2) is 5.78 Å². The molecule has 2 fully saturated rings. The molecule has 0 saturated heterocycles. The maximum absolute atomic E-state index is 13.4. The van der Waals surface area contributed by atoms with Crippen molar-refractivity contribution < 1.29 is 65.1 Å². The van der Waals surface area contributed by atoms with Crippen LogP contribution in [0.2, 0.25) is 0 Å². The van der Waals surface area contributed by atoms with Gasteiger partial charge in [0.05, 0.1) is 31.3 Å². The minimum atomic E-state index is -4.65. The zero-order chi connectivity index (χ0) is 42.8. The fraction of sp³-hybridized carbons (Fsp3) is 0.442. The molecule has 0 spiro atoms. The minimum absolute atomic E-state index is 0.0487. The normalized spacial score (nSPS) is 21.1.